The second-order valence-electron chi connectivity index (χ2n) is 6.43. The van der Waals surface area contributed by atoms with E-state index >= 15 is 0 Å². The number of methoxy groups -OCH3 is 2. The Labute approximate surface area is 149 Å². The fourth-order valence-electron chi connectivity index (χ4n) is 3.39. The highest BCUT2D eigenvalue weighted by atomic mass is 16.5. The third kappa shape index (κ3) is 4.64. The summed E-state index contributed by atoms with van der Waals surface area (Å²) in [5.41, 5.74) is 0.913. The van der Waals surface area contributed by atoms with Crippen molar-refractivity contribution in [2.75, 3.05) is 27.9 Å². The molecule has 1 amide bonds. The molecule has 140 valence electrons. The molecule has 1 aromatic carbocycles. The average molecular weight is 351 g/mol. The predicted molar refractivity (Wildman–Crippen MR) is 94.8 cm³/mol. The van der Waals surface area contributed by atoms with Gasteiger partial charge < -0.3 is 24.2 Å². The van der Waals surface area contributed by atoms with Gasteiger partial charge in [0.1, 0.15) is 0 Å². The molecule has 3 atom stereocenters. The number of hydrogen-bond acceptors (Lipinski definition) is 5. The average Bonchev–Trinajstić information content (AvgIpc) is 2.63. The summed E-state index contributed by atoms with van der Waals surface area (Å²) < 4.78 is 16.4. The predicted octanol–water partition coefficient (Wildman–Crippen LogP) is 2.23. The molecular weight excluding hydrogens is 322 g/mol. The lowest BCUT2D eigenvalue weighted by molar-refractivity contribution is -0.140. The number of carbonyl (C=O) groups is 1. The number of carbonyl (C=O) groups excluding carboxylic acids is 1. The van der Waals surface area contributed by atoms with Crippen LogP contribution in [0, 0.1) is 5.92 Å². The zero-order valence-corrected chi connectivity index (χ0v) is 15.5. The topological polar surface area (TPSA) is 68.2 Å². The van der Waals surface area contributed by atoms with Crippen LogP contribution < -0.4 is 9.47 Å². The molecule has 6 nitrogen and oxygen atoms in total. The Morgan fingerprint density at radius 3 is 2.72 bits per heavy atom. The van der Waals surface area contributed by atoms with Crippen LogP contribution in [0.15, 0.2) is 18.2 Å². The molecule has 0 aliphatic heterocycles. The first-order valence-electron chi connectivity index (χ1n) is 8.76. The number of hydrogen-bond donors (Lipinski definition) is 1. The van der Waals surface area contributed by atoms with Crippen LogP contribution in [0.4, 0.5) is 0 Å². The van der Waals surface area contributed by atoms with Crippen LogP contribution in [0.3, 0.4) is 0 Å². The van der Waals surface area contributed by atoms with Crippen LogP contribution in [0.2, 0.25) is 0 Å². The Bertz CT molecular complexity index is 577. The maximum absolute atomic E-state index is 12.8. The number of aliphatic hydroxyl groups excluding tert-OH is 1. The van der Waals surface area contributed by atoms with E-state index in [4.69, 9.17) is 14.2 Å². The molecular formula is C19H29NO5. The minimum Gasteiger partial charge on any atom is -0.493 e. The minimum atomic E-state index is -0.484. The quantitative estimate of drug-likeness (QED) is 0.816. The molecule has 1 aliphatic carbocycles. The van der Waals surface area contributed by atoms with E-state index in [-0.39, 0.29) is 17.9 Å². The number of para-hydroxylation sites is 1. The monoisotopic (exact) mass is 351 g/mol. The third-order valence-corrected chi connectivity index (χ3v) is 4.76. The van der Waals surface area contributed by atoms with Gasteiger partial charge in [0.2, 0.25) is 5.91 Å². The Morgan fingerprint density at radius 1 is 1.32 bits per heavy atom. The first-order chi connectivity index (χ1) is 12.0. The molecule has 1 aliphatic rings. The normalized spacial score (nSPS) is 23.2. The summed E-state index contributed by atoms with van der Waals surface area (Å²) in [7, 11) is 4.98. The van der Waals surface area contributed by atoms with Gasteiger partial charge >= 0.3 is 0 Å². The molecule has 0 heterocycles. The molecule has 0 spiro atoms. The van der Waals surface area contributed by atoms with E-state index in [9.17, 15) is 9.90 Å². The molecule has 1 fully saturated rings. The highest BCUT2D eigenvalue weighted by Gasteiger charge is 2.34. The van der Waals surface area contributed by atoms with E-state index in [2.05, 4.69) is 0 Å². The zero-order valence-electron chi connectivity index (χ0n) is 15.5. The van der Waals surface area contributed by atoms with Crippen molar-refractivity contribution < 1.29 is 24.1 Å². The van der Waals surface area contributed by atoms with Gasteiger partial charge in [-0.25, -0.2) is 0 Å². The van der Waals surface area contributed by atoms with Crippen molar-refractivity contribution in [2.45, 2.75) is 44.9 Å². The summed E-state index contributed by atoms with van der Waals surface area (Å²) in [6.45, 7) is 2.90. The molecule has 6 heteroatoms. The summed E-state index contributed by atoms with van der Waals surface area (Å²) in [6.07, 6.45) is 1.07. The van der Waals surface area contributed by atoms with Crippen molar-refractivity contribution in [2.24, 2.45) is 5.92 Å². The Morgan fingerprint density at radius 2 is 2.08 bits per heavy atom. The third-order valence-electron chi connectivity index (χ3n) is 4.76. The van der Waals surface area contributed by atoms with Crippen molar-refractivity contribution in [3.05, 3.63) is 23.8 Å². The van der Waals surface area contributed by atoms with E-state index in [1.54, 1.807) is 26.2 Å². The highest BCUT2D eigenvalue weighted by Crippen LogP contribution is 2.33. The Hall–Kier alpha value is -1.79. The van der Waals surface area contributed by atoms with Crippen molar-refractivity contribution >= 4 is 5.91 Å². The number of benzene rings is 1. The van der Waals surface area contributed by atoms with Gasteiger partial charge in [-0.1, -0.05) is 12.1 Å². The summed E-state index contributed by atoms with van der Waals surface area (Å²) in [6, 6.07) is 5.69. The lowest BCUT2D eigenvalue weighted by Crippen LogP contribution is -2.42. The number of amides is 1. The Kier molecular flexibility index (Phi) is 7.08. The fourth-order valence-corrected chi connectivity index (χ4v) is 3.39. The van der Waals surface area contributed by atoms with Crippen LogP contribution in [0.25, 0.3) is 0 Å². The molecule has 1 aromatic rings. The number of nitrogens with zero attached hydrogens (tertiary/aromatic N) is 1. The second-order valence-corrected chi connectivity index (χ2v) is 6.43. The minimum absolute atomic E-state index is 0.0687. The standard InChI is InChI=1S/C19H29NO5/c1-5-25-18-14(7-6-8-16(18)23-3)12-20(2)19(22)13-9-10-15(21)17(11-13)24-4/h6-8,13,15,17,21H,5,9-12H2,1-4H3/t13-,15+,17-/m1/s1. The first kappa shape index (κ1) is 19.5. The summed E-state index contributed by atoms with van der Waals surface area (Å²) >= 11 is 0. The zero-order chi connectivity index (χ0) is 18.4. The van der Waals surface area contributed by atoms with Crippen molar-refractivity contribution in [3.63, 3.8) is 0 Å². The summed E-state index contributed by atoms with van der Waals surface area (Å²) in [5, 5.41) is 9.92. The Balaban J connectivity index is 2.09. The lowest BCUT2D eigenvalue weighted by Gasteiger charge is -2.33. The van der Waals surface area contributed by atoms with Gasteiger partial charge in [0, 0.05) is 32.2 Å². The number of ether oxygens (including phenoxy) is 3. The van der Waals surface area contributed by atoms with E-state index in [0.29, 0.717) is 43.9 Å². The van der Waals surface area contributed by atoms with Gasteiger partial charge in [0.05, 0.1) is 25.9 Å². The molecule has 1 N–H and O–H groups in total. The van der Waals surface area contributed by atoms with E-state index < -0.39 is 6.10 Å². The van der Waals surface area contributed by atoms with Crippen molar-refractivity contribution in [1.29, 1.82) is 0 Å². The first-order valence-corrected chi connectivity index (χ1v) is 8.76. The number of rotatable bonds is 7. The molecule has 0 radical (unpaired) electrons. The van der Waals surface area contributed by atoms with Gasteiger partial charge in [-0.15, -0.1) is 0 Å². The maximum atomic E-state index is 12.8. The molecule has 2 rings (SSSR count). The number of aliphatic hydroxyl groups is 1. The maximum Gasteiger partial charge on any atom is 0.225 e. The van der Waals surface area contributed by atoms with Crippen LogP contribution in [0.5, 0.6) is 11.5 Å². The van der Waals surface area contributed by atoms with Crippen LogP contribution in [-0.4, -0.2) is 56.0 Å². The van der Waals surface area contributed by atoms with Gasteiger partial charge in [-0.05, 0) is 32.3 Å². The largest absolute Gasteiger partial charge is 0.493 e. The fraction of sp³-hybridized carbons (Fsp3) is 0.632. The van der Waals surface area contributed by atoms with Gasteiger partial charge in [0.25, 0.3) is 0 Å². The smallest absolute Gasteiger partial charge is 0.225 e. The van der Waals surface area contributed by atoms with Gasteiger partial charge in [0.15, 0.2) is 11.5 Å². The highest BCUT2D eigenvalue weighted by molar-refractivity contribution is 5.78. The second kappa shape index (κ2) is 9.06. The van der Waals surface area contributed by atoms with Gasteiger partial charge in [-0.2, -0.15) is 0 Å². The summed E-state index contributed by atoms with van der Waals surface area (Å²) in [4.78, 5) is 14.5. The molecule has 0 saturated heterocycles. The molecule has 0 bridgehead atoms. The summed E-state index contributed by atoms with van der Waals surface area (Å²) in [5.74, 6) is 1.29. The molecule has 25 heavy (non-hydrogen) atoms. The van der Waals surface area contributed by atoms with E-state index in [1.807, 2.05) is 25.1 Å². The molecule has 0 aromatic heterocycles. The van der Waals surface area contributed by atoms with Crippen LogP contribution >= 0.6 is 0 Å². The SMILES string of the molecule is CCOc1c(CN(C)C(=O)[C@@H]2CC[C@H](O)[C@H](OC)C2)cccc1OC. The van der Waals surface area contributed by atoms with E-state index in [1.165, 1.54) is 0 Å². The van der Waals surface area contributed by atoms with Crippen LogP contribution in [-0.2, 0) is 16.1 Å². The molecule has 1 saturated carbocycles. The van der Waals surface area contributed by atoms with E-state index in [0.717, 1.165) is 5.56 Å². The van der Waals surface area contributed by atoms with Crippen molar-refractivity contribution in [3.8, 4) is 11.5 Å². The van der Waals surface area contributed by atoms with Gasteiger partial charge in [-0.3, -0.25) is 4.79 Å². The lowest BCUT2D eigenvalue weighted by atomic mass is 9.84. The van der Waals surface area contributed by atoms with Crippen LogP contribution in [0.1, 0.15) is 31.7 Å². The molecule has 0 unspecified atom stereocenters. The van der Waals surface area contributed by atoms with Crippen molar-refractivity contribution in [1.82, 2.24) is 4.90 Å².